The Morgan fingerprint density at radius 3 is 2.55 bits per heavy atom. The first-order chi connectivity index (χ1) is 15.9. The van der Waals surface area contributed by atoms with Crippen LogP contribution in [0.2, 0.25) is 0 Å². The number of hydrogen-bond donors (Lipinski definition) is 2. The molecular formula is C23H29N5O5. The molecule has 0 saturated carbocycles. The van der Waals surface area contributed by atoms with Gasteiger partial charge in [0, 0.05) is 45.3 Å². The van der Waals surface area contributed by atoms with Crippen LogP contribution in [0.15, 0.2) is 36.7 Å². The van der Waals surface area contributed by atoms with Crippen LogP contribution in [0.25, 0.3) is 17.0 Å². The van der Waals surface area contributed by atoms with Crippen molar-refractivity contribution in [2.24, 2.45) is 0 Å². The topological polar surface area (TPSA) is 121 Å². The number of benzene rings is 1. The number of aliphatic hydroxyl groups is 1. The monoisotopic (exact) mass is 455 g/mol. The number of likely N-dealkylation sites (tertiary alicyclic amines) is 1. The third-order valence-electron chi connectivity index (χ3n) is 6.39. The lowest BCUT2D eigenvalue weighted by atomic mass is 9.98. The number of aliphatic carboxylic acids is 1. The molecule has 2 N–H and O–H groups in total. The third-order valence-corrected chi connectivity index (χ3v) is 6.39. The van der Waals surface area contributed by atoms with Crippen LogP contribution in [-0.4, -0.2) is 98.7 Å². The van der Waals surface area contributed by atoms with Gasteiger partial charge in [-0.15, -0.1) is 0 Å². The number of aliphatic hydroxyl groups excluding tert-OH is 1. The van der Waals surface area contributed by atoms with E-state index in [1.54, 1.807) is 11.0 Å². The van der Waals surface area contributed by atoms with E-state index in [1.807, 2.05) is 34.1 Å². The number of aromatic nitrogens is 3. The van der Waals surface area contributed by atoms with Gasteiger partial charge in [0.25, 0.3) is 0 Å². The molecule has 1 aromatic heterocycles. The van der Waals surface area contributed by atoms with Crippen molar-refractivity contribution in [1.29, 1.82) is 0 Å². The number of carboxylic acids is 1. The average molecular weight is 456 g/mol. The van der Waals surface area contributed by atoms with Crippen molar-refractivity contribution in [2.75, 3.05) is 46.4 Å². The van der Waals surface area contributed by atoms with Gasteiger partial charge in [-0.3, -0.25) is 14.4 Å². The normalized spacial score (nSPS) is 21.3. The lowest BCUT2D eigenvalue weighted by Crippen LogP contribution is -2.46. The number of methoxy groups -OCH3 is 1. The molecule has 1 aromatic carbocycles. The van der Waals surface area contributed by atoms with Gasteiger partial charge in [0.05, 0.1) is 19.7 Å². The van der Waals surface area contributed by atoms with Crippen molar-refractivity contribution in [3.8, 4) is 11.4 Å². The van der Waals surface area contributed by atoms with E-state index in [2.05, 4.69) is 16.2 Å². The summed E-state index contributed by atoms with van der Waals surface area (Å²) in [6.07, 6.45) is 4.81. The van der Waals surface area contributed by atoms with E-state index in [4.69, 9.17) is 9.84 Å². The van der Waals surface area contributed by atoms with Gasteiger partial charge in [0.1, 0.15) is 6.33 Å². The van der Waals surface area contributed by atoms with Crippen molar-refractivity contribution in [3.05, 3.63) is 42.2 Å². The van der Waals surface area contributed by atoms with Crippen molar-refractivity contribution < 1.29 is 24.5 Å². The number of ether oxygens (including phenoxy) is 1. The van der Waals surface area contributed by atoms with Gasteiger partial charge in [0.15, 0.2) is 11.4 Å². The molecule has 1 atom stereocenters. The number of rotatable bonds is 8. The van der Waals surface area contributed by atoms with Crippen LogP contribution < -0.4 is 0 Å². The molecule has 33 heavy (non-hydrogen) atoms. The van der Waals surface area contributed by atoms with Crippen LogP contribution in [0.3, 0.4) is 0 Å². The van der Waals surface area contributed by atoms with Crippen LogP contribution in [0.4, 0.5) is 0 Å². The molecular weight excluding hydrogens is 426 g/mol. The van der Waals surface area contributed by atoms with Crippen LogP contribution in [0, 0.1) is 0 Å². The largest absolute Gasteiger partial charge is 0.479 e. The molecule has 2 aromatic rings. The maximum absolute atomic E-state index is 12.8. The Bertz CT molecular complexity index is 1030. The van der Waals surface area contributed by atoms with Crippen LogP contribution in [-0.2, 0) is 20.9 Å². The van der Waals surface area contributed by atoms with E-state index in [0.29, 0.717) is 38.4 Å². The van der Waals surface area contributed by atoms with Gasteiger partial charge in [-0.05, 0) is 17.6 Å². The maximum Gasteiger partial charge on any atom is 0.337 e. The third kappa shape index (κ3) is 4.97. The quantitative estimate of drug-likeness (QED) is 0.598. The molecule has 176 valence electrons. The van der Waals surface area contributed by atoms with Crippen LogP contribution in [0.1, 0.15) is 18.4 Å². The zero-order valence-corrected chi connectivity index (χ0v) is 18.7. The van der Waals surface area contributed by atoms with Crippen molar-refractivity contribution in [1.82, 2.24) is 24.6 Å². The van der Waals surface area contributed by atoms with Gasteiger partial charge in [-0.1, -0.05) is 30.3 Å². The minimum atomic E-state index is -1.21. The summed E-state index contributed by atoms with van der Waals surface area (Å²) in [7, 11) is 1.41. The number of carbonyl (C=O) groups is 2. The molecule has 1 amide bonds. The number of nitrogens with zero attached hydrogens (tertiary/aromatic N) is 5. The van der Waals surface area contributed by atoms with Gasteiger partial charge in [0.2, 0.25) is 5.91 Å². The van der Waals surface area contributed by atoms with Crippen molar-refractivity contribution in [3.63, 3.8) is 0 Å². The molecule has 1 fully saturated rings. The van der Waals surface area contributed by atoms with E-state index in [0.717, 1.165) is 17.5 Å². The zero-order valence-electron chi connectivity index (χ0n) is 18.7. The highest BCUT2D eigenvalue weighted by molar-refractivity contribution is 5.81. The molecule has 4 rings (SSSR count). The summed E-state index contributed by atoms with van der Waals surface area (Å²) in [5, 5.41) is 22.8. The minimum absolute atomic E-state index is 0.00230. The summed E-state index contributed by atoms with van der Waals surface area (Å²) < 4.78 is 6.84. The van der Waals surface area contributed by atoms with Crippen molar-refractivity contribution in [2.45, 2.75) is 25.0 Å². The molecule has 0 bridgehead atoms. The molecule has 10 nitrogen and oxygen atoms in total. The highest BCUT2D eigenvalue weighted by Gasteiger charge is 2.45. The second kappa shape index (κ2) is 9.82. The van der Waals surface area contributed by atoms with E-state index in [-0.39, 0.29) is 25.6 Å². The lowest BCUT2D eigenvalue weighted by molar-refractivity contribution is -0.160. The fraction of sp³-hybridized carbons (Fsp3) is 0.478. The minimum Gasteiger partial charge on any atom is -0.479 e. The lowest BCUT2D eigenvalue weighted by Gasteiger charge is -2.29. The van der Waals surface area contributed by atoms with E-state index in [1.165, 1.54) is 12.7 Å². The summed E-state index contributed by atoms with van der Waals surface area (Å²) in [4.78, 5) is 32.2. The van der Waals surface area contributed by atoms with Crippen molar-refractivity contribution >= 4 is 17.4 Å². The molecule has 1 saturated heterocycles. The molecule has 2 aliphatic rings. The smallest absolute Gasteiger partial charge is 0.337 e. The molecule has 0 spiro atoms. The number of carboxylic acid groups (broad SMARTS) is 1. The maximum atomic E-state index is 12.8. The standard InChI is InChI=1S/C23H29N5O5/c1-33-23(22(31)32)8-11-26(15-23)14-20(30)27-9-6-18(7-10-27)17-2-4-19(5-3-17)21-24-16-28(25-21)12-13-29/h2-6,16,29H,7-15H2,1H3,(H,31,32). The zero-order chi connectivity index (χ0) is 23.4. The number of carbonyl (C=O) groups excluding carboxylic acids is 1. The van der Waals surface area contributed by atoms with Crippen LogP contribution >= 0.6 is 0 Å². The predicted molar refractivity (Wildman–Crippen MR) is 120 cm³/mol. The fourth-order valence-electron chi connectivity index (χ4n) is 4.34. The summed E-state index contributed by atoms with van der Waals surface area (Å²) in [5.74, 6) is -0.361. The first-order valence-electron chi connectivity index (χ1n) is 11.0. The Labute approximate surface area is 192 Å². The molecule has 0 radical (unpaired) electrons. The van der Waals surface area contributed by atoms with Gasteiger partial charge in [-0.25, -0.2) is 9.78 Å². The molecule has 1 unspecified atom stereocenters. The Kier molecular flexibility index (Phi) is 6.87. The molecule has 10 heteroatoms. The Hall–Kier alpha value is -3.08. The average Bonchev–Trinajstić information content (AvgIpc) is 3.47. The number of hydrogen-bond acceptors (Lipinski definition) is 7. The second-order valence-electron chi connectivity index (χ2n) is 8.42. The highest BCUT2D eigenvalue weighted by Crippen LogP contribution is 2.27. The number of amides is 1. The van der Waals surface area contributed by atoms with E-state index < -0.39 is 11.6 Å². The first-order valence-corrected chi connectivity index (χ1v) is 11.0. The molecule has 2 aliphatic heterocycles. The first kappa shape index (κ1) is 23.1. The Morgan fingerprint density at radius 2 is 1.94 bits per heavy atom. The Balaban J connectivity index is 1.33. The van der Waals surface area contributed by atoms with Gasteiger partial charge < -0.3 is 19.8 Å². The Morgan fingerprint density at radius 1 is 1.18 bits per heavy atom. The van der Waals surface area contributed by atoms with Crippen LogP contribution in [0.5, 0.6) is 0 Å². The second-order valence-corrected chi connectivity index (χ2v) is 8.42. The van der Waals surface area contributed by atoms with Gasteiger partial charge in [-0.2, -0.15) is 5.10 Å². The summed E-state index contributed by atoms with van der Waals surface area (Å²) >= 11 is 0. The predicted octanol–water partition coefficient (Wildman–Crippen LogP) is 0.729. The fourth-order valence-corrected chi connectivity index (χ4v) is 4.34. The summed E-state index contributed by atoms with van der Waals surface area (Å²) in [5.41, 5.74) is 1.98. The van der Waals surface area contributed by atoms with E-state index >= 15 is 0 Å². The molecule has 0 aliphatic carbocycles. The van der Waals surface area contributed by atoms with E-state index in [9.17, 15) is 14.7 Å². The molecule has 3 heterocycles. The summed E-state index contributed by atoms with van der Waals surface area (Å²) in [6.45, 7) is 2.54. The summed E-state index contributed by atoms with van der Waals surface area (Å²) in [6, 6.07) is 8.02. The SMILES string of the molecule is COC1(C(=O)O)CCN(CC(=O)N2CC=C(c3ccc(-c4ncn(CCO)n4)cc3)CC2)C1. The van der Waals surface area contributed by atoms with Gasteiger partial charge >= 0.3 is 5.97 Å². The highest BCUT2D eigenvalue weighted by atomic mass is 16.5.